The first-order valence-corrected chi connectivity index (χ1v) is 31.9. The number of esters is 1. The summed E-state index contributed by atoms with van der Waals surface area (Å²) in [5.41, 5.74) is 0. The summed E-state index contributed by atoms with van der Waals surface area (Å²) < 4.78 is 5.47. The van der Waals surface area contributed by atoms with Crippen LogP contribution < -0.4 is 5.32 Å². The molecule has 0 rings (SSSR count). The zero-order valence-corrected chi connectivity index (χ0v) is 48.2. The number of hydrogen-bond donors (Lipinski definition) is 3. The number of allylic oxidation sites excluding steroid dienone is 8. The minimum atomic E-state index is -0.664. The SMILES string of the molecule is CCCCC/C=C\C/C=C\CCCCCCCC(=O)OCCCCCCCCCCC/C=C\C/C=C\CCCCCCCCCCCCCCCC(=O)NC(CO)C(O)CCCCCCCCCCCCC. The van der Waals surface area contributed by atoms with Gasteiger partial charge in [0.25, 0.3) is 0 Å². The molecule has 0 aromatic rings. The van der Waals surface area contributed by atoms with Gasteiger partial charge < -0.3 is 20.3 Å². The number of unbranched alkanes of at least 4 members (excludes halogenated alkanes) is 40. The highest BCUT2D eigenvalue weighted by molar-refractivity contribution is 5.76. The zero-order valence-electron chi connectivity index (χ0n) is 48.2. The van der Waals surface area contributed by atoms with Gasteiger partial charge in [-0.15, -0.1) is 0 Å². The molecule has 2 atom stereocenters. The lowest BCUT2D eigenvalue weighted by Crippen LogP contribution is -2.45. The van der Waals surface area contributed by atoms with Crippen LogP contribution in [-0.4, -0.2) is 47.4 Å². The molecule has 2 unspecified atom stereocenters. The van der Waals surface area contributed by atoms with E-state index in [1.807, 2.05) is 0 Å². The Kier molecular flexibility index (Phi) is 59.5. The van der Waals surface area contributed by atoms with Crippen molar-refractivity contribution in [2.24, 2.45) is 0 Å². The third kappa shape index (κ3) is 57.1. The van der Waals surface area contributed by atoms with Crippen molar-refractivity contribution in [3.8, 4) is 0 Å². The van der Waals surface area contributed by atoms with E-state index in [-0.39, 0.29) is 18.5 Å². The summed E-state index contributed by atoms with van der Waals surface area (Å²) in [6.45, 7) is 4.92. The van der Waals surface area contributed by atoms with Crippen molar-refractivity contribution in [3.63, 3.8) is 0 Å². The van der Waals surface area contributed by atoms with Crippen molar-refractivity contribution in [1.29, 1.82) is 0 Å². The van der Waals surface area contributed by atoms with Gasteiger partial charge in [0.2, 0.25) is 5.91 Å². The van der Waals surface area contributed by atoms with Crippen LogP contribution in [0.3, 0.4) is 0 Å². The highest BCUT2D eigenvalue weighted by Gasteiger charge is 2.20. The smallest absolute Gasteiger partial charge is 0.305 e. The maximum Gasteiger partial charge on any atom is 0.305 e. The fourth-order valence-corrected chi connectivity index (χ4v) is 9.70. The molecule has 6 heteroatoms. The summed E-state index contributed by atoms with van der Waals surface area (Å²) in [7, 11) is 0. The third-order valence-electron chi connectivity index (χ3n) is 14.6. The van der Waals surface area contributed by atoms with Crippen molar-refractivity contribution < 1.29 is 24.5 Å². The number of carbonyl (C=O) groups excluding carboxylic acids is 2. The summed E-state index contributed by atoms with van der Waals surface area (Å²) in [5, 5.41) is 23.2. The summed E-state index contributed by atoms with van der Waals surface area (Å²) in [6, 6.07) is -0.541. The van der Waals surface area contributed by atoms with Gasteiger partial charge >= 0.3 is 5.97 Å². The van der Waals surface area contributed by atoms with Crippen LogP contribution in [0.25, 0.3) is 0 Å². The molecule has 0 aliphatic carbocycles. The number of carbonyl (C=O) groups is 2. The van der Waals surface area contributed by atoms with E-state index in [9.17, 15) is 19.8 Å². The number of rotatable bonds is 59. The molecule has 0 spiro atoms. The van der Waals surface area contributed by atoms with Gasteiger partial charge in [-0.2, -0.15) is 0 Å². The molecule has 0 saturated heterocycles. The molecule has 0 aliphatic rings. The van der Waals surface area contributed by atoms with E-state index < -0.39 is 12.1 Å². The molecule has 0 heterocycles. The molecule has 0 bridgehead atoms. The van der Waals surface area contributed by atoms with Crippen LogP contribution in [0.5, 0.6) is 0 Å². The Morgan fingerprint density at radius 3 is 1.08 bits per heavy atom. The van der Waals surface area contributed by atoms with E-state index in [0.29, 0.717) is 25.9 Å². The molecule has 0 aromatic carbocycles. The van der Waals surface area contributed by atoms with E-state index in [0.717, 1.165) is 57.8 Å². The van der Waals surface area contributed by atoms with Crippen molar-refractivity contribution in [3.05, 3.63) is 48.6 Å². The van der Waals surface area contributed by atoms with Crippen LogP contribution in [0.4, 0.5) is 0 Å². The molecule has 0 aromatic heterocycles. The second-order valence-corrected chi connectivity index (χ2v) is 21.7. The first kappa shape index (κ1) is 69.8. The molecule has 422 valence electrons. The van der Waals surface area contributed by atoms with E-state index in [1.165, 1.54) is 244 Å². The Morgan fingerprint density at radius 1 is 0.389 bits per heavy atom. The van der Waals surface area contributed by atoms with Crippen molar-refractivity contribution in [2.45, 2.75) is 347 Å². The van der Waals surface area contributed by atoms with Crippen molar-refractivity contribution in [1.82, 2.24) is 5.32 Å². The molecule has 0 fully saturated rings. The summed E-state index contributed by atoms with van der Waals surface area (Å²) in [5.74, 6) is -0.0390. The average Bonchev–Trinajstić information content (AvgIpc) is 3.38. The fourth-order valence-electron chi connectivity index (χ4n) is 9.70. The van der Waals surface area contributed by atoms with Crippen LogP contribution >= 0.6 is 0 Å². The molecule has 3 N–H and O–H groups in total. The van der Waals surface area contributed by atoms with Gasteiger partial charge in [0.1, 0.15) is 0 Å². The van der Waals surface area contributed by atoms with Crippen LogP contribution in [0.15, 0.2) is 48.6 Å². The maximum atomic E-state index is 12.4. The van der Waals surface area contributed by atoms with E-state index in [1.54, 1.807) is 0 Å². The first-order valence-electron chi connectivity index (χ1n) is 31.9. The summed E-state index contributed by atoms with van der Waals surface area (Å²) in [4.78, 5) is 24.5. The van der Waals surface area contributed by atoms with E-state index in [4.69, 9.17) is 4.74 Å². The predicted octanol–water partition coefficient (Wildman–Crippen LogP) is 20.1. The second kappa shape index (κ2) is 61.4. The highest BCUT2D eigenvalue weighted by Crippen LogP contribution is 2.17. The lowest BCUT2D eigenvalue weighted by Gasteiger charge is -2.22. The molecule has 6 nitrogen and oxygen atoms in total. The van der Waals surface area contributed by atoms with Gasteiger partial charge in [0, 0.05) is 12.8 Å². The topological polar surface area (TPSA) is 95.9 Å². The van der Waals surface area contributed by atoms with Gasteiger partial charge in [0.15, 0.2) is 0 Å². The number of hydrogen-bond acceptors (Lipinski definition) is 5. The van der Waals surface area contributed by atoms with Gasteiger partial charge in [0.05, 0.1) is 25.4 Å². The van der Waals surface area contributed by atoms with Crippen LogP contribution in [0.1, 0.15) is 335 Å². The minimum Gasteiger partial charge on any atom is -0.466 e. The lowest BCUT2D eigenvalue weighted by atomic mass is 10.0. The van der Waals surface area contributed by atoms with Crippen molar-refractivity contribution in [2.75, 3.05) is 13.2 Å². The Labute approximate surface area is 448 Å². The quantitative estimate of drug-likeness (QED) is 0.0320. The van der Waals surface area contributed by atoms with E-state index >= 15 is 0 Å². The highest BCUT2D eigenvalue weighted by atomic mass is 16.5. The van der Waals surface area contributed by atoms with Gasteiger partial charge in [-0.25, -0.2) is 0 Å². The Bertz CT molecular complexity index is 1210. The average molecular weight is 1010 g/mol. The number of aliphatic hydroxyl groups is 2. The number of nitrogens with one attached hydrogen (secondary N) is 1. The molecular formula is C66H123NO5. The maximum absolute atomic E-state index is 12.4. The number of aliphatic hydroxyl groups excluding tert-OH is 2. The predicted molar refractivity (Wildman–Crippen MR) is 315 cm³/mol. The summed E-state index contributed by atoms with van der Waals surface area (Å²) >= 11 is 0. The Morgan fingerprint density at radius 2 is 0.694 bits per heavy atom. The molecule has 0 saturated carbocycles. The molecular weight excluding hydrogens is 887 g/mol. The second-order valence-electron chi connectivity index (χ2n) is 21.7. The lowest BCUT2D eigenvalue weighted by molar-refractivity contribution is -0.143. The Balaban J connectivity index is 3.40. The monoisotopic (exact) mass is 1010 g/mol. The minimum absolute atomic E-state index is 0.00233. The molecule has 72 heavy (non-hydrogen) atoms. The van der Waals surface area contributed by atoms with Crippen LogP contribution in [0.2, 0.25) is 0 Å². The van der Waals surface area contributed by atoms with Gasteiger partial charge in [-0.3, -0.25) is 9.59 Å². The fraction of sp³-hybridized carbons (Fsp3) is 0.848. The molecule has 1 amide bonds. The third-order valence-corrected chi connectivity index (χ3v) is 14.6. The largest absolute Gasteiger partial charge is 0.466 e. The van der Waals surface area contributed by atoms with Crippen LogP contribution in [-0.2, 0) is 14.3 Å². The number of ether oxygens (including phenoxy) is 1. The zero-order chi connectivity index (χ0) is 52.2. The normalized spacial score (nSPS) is 12.9. The van der Waals surface area contributed by atoms with Crippen LogP contribution in [0, 0.1) is 0 Å². The number of amides is 1. The standard InChI is InChI=1S/C66H123NO5/c1-3-5-7-9-11-13-15-16-32-36-40-44-48-52-56-60-66(71)72-61-57-53-49-45-41-37-34-31-29-27-25-23-21-19-17-18-20-22-24-26-28-30-33-35-39-43-47-51-55-59-65(70)67-63(62-68)64(69)58-54-50-46-42-38-14-12-10-8-6-4-2/h11,13,16-17,19,23,25,32,63-64,68-69H,3-10,12,14-15,18,20-22,24,26-31,33-62H2,1-2H3,(H,67,70)/b13-11-,19-17-,25-23-,32-16-. The Hall–Kier alpha value is -2.18. The van der Waals surface area contributed by atoms with Crippen molar-refractivity contribution >= 4 is 11.9 Å². The van der Waals surface area contributed by atoms with Gasteiger partial charge in [-0.1, -0.05) is 281 Å². The summed E-state index contributed by atoms with van der Waals surface area (Å²) in [6.07, 6.45) is 78.5. The van der Waals surface area contributed by atoms with E-state index in [2.05, 4.69) is 67.8 Å². The van der Waals surface area contributed by atoms with Gasteiger partial charge in [-0.05, 0) is 89.9 Å². The first-order chi connectivity index (χ1) is 35.5. The molecule has 0 aliphatic heterocycles. The molecule has 0 radical (unpaired) electrons.